The van der Waals surface area contributed by atoms with Gasteiger partial charge in [0.2, 0.25) is 0 Å². The third-order valence-electron chi connectivity index (χ3n) is 3.02. The van der Waals surface area contributed by atoms with Gasteiger partial charge in [0.15, 0.2) is 0 Å². The molecule has 0 aliphatic heterocycles. The molecule has 0 saturated heterocycles. The Labute approximate surface area is 119 Å². The lowest BCUT2D eigenvalue weighted by molar-refractivity contribution is -0.301. The molecule has 0 spiro atoms. The SMILES string of the molecule is O=C1CCCC(OC(=O)C(F)(F)C(F)(F)C(F)(F)C(=O)O)C1. The van der Waals surface area contributed by atoms with Crippen molar-refractivity contribution in [3.05, 3.63) is 0 Å². The number of carbonyl (C=O) groups excluding carboxylic acids is 2. The van der Waals surface area contributed by atoms with Gasteiger partial charge < -0.3 is 9.84 Å². The van der Waals surface area contributed by atoms with Crippen molar-refractivity contribution in [3.8, 4) is 0 Å². The standard InChI is InChI=1S/C11H10F6O5/c12-9(13,7(19)20)11(16,17)10(14,15)8(21)22-6-3-1-2-5(18)4-6/h6H,1-4H2,(H,19,20). The topological polar surface area (TPSA) is 80.7 Å². The van der Waals surface area contributed by atoms with Crippen molar-refractivity contribution >= 4 is 17.7 Å². The molecule has 0 bridgehead atoms. The first-order chi connectivity index (χ1) is 9.84. The lowest BCUT2D eigenvalue weighted by atomic mass is 9.96. The second-order valence-electron chi connectivity index (χ2n) is 4.69. The molecule has 0 aromatic rings. The van der Waals surface area contributed by atoms with E-state index in [1.54, 1.807) is 0 Å². The molecule has 1 rings (SSSR count). The highest BCUT2D eigenvalue weighted by molar-refractivity contribution is 5.84. The average molecular weight is 336 g/mol. The molecule has 1 saturated carbocycles. The van der Waals surface area contributed by atoms with Crippen LogP contribution in [0.15, 0.2) is 0 Å². The molecule has 0 aromatic heterocycles. The Bertz CT molecular complexity index is 489. The van der Waals surface area contributed by atoms with Gasteiger partial charge in [0.25, 0.3) is 0 Å². The van der Waals surface area contributed by atoms with Gasteiger partial charge in [0, 0.05) is 12.8 Å². The number of esters is 1. The van der Waals surface area contributed by atoms with Crippen LogP contribution in [0.2, 0.25) is 0 Å². The maximum absolute atomic E-state index is 13.3. The summed E-state index contributed by atoms with van der Waals surface area (Å²) in [6.45, 7) is 0. The van der Waals surface area contributed by atoms with Crippen LogP contribution in [0, 0.1) is 0 Å². The maximum Gasteiger partial charge on any atom is 0.411 e. The van der Waals surface area contributed by atoms with E-state index in [4.69, 9.17) is 5.11 Å². The Morgan fingerprint density at radius 2 is 1.64 bits per heavy atom. The minimum absolute atomic E-state index is 0.0749. The van der Waals surface area contributed by atoms with E-state index < -0.39 is 48.0 Å². The van der Waals surface area contributed by atoms with Gasteiger partial charge in [0.1, 0.15) is 11.9 Å². The zero-order valence-electron chi connectivity index (χ0n) is 10.8. The van der Waals surface area contributed by atoms with Crippen molar-refractivity contribution < 1.29 is 50.6 Å². The normalized spacial score (nSPS) is 20.6. The van der Waals surface area contributed by atoms with E-state index in [0.717, 1.165) is 0 Å². The van der Waals surface area contributed by atoms with Crippen molar-refractivity contribution in [1.82, 2.24) is 0 Å². The van der Waals surface area contributed by atoms with Crippen molar-refractivity contribution in [1.29, 1.82) is 0 Å². The zero-order valence-corrected chi connectivity index (χ0v) is 10.8. The molecular formula is C11H10F6O5. The molecule has 1 aliphatic carbocycles. The van der Waals surface area contributed by atoms with Gasteiger partial charge in [-0.25, -0.2) is 9.59 Å². The monoisotopic (exact) mass is 336 g/mol. The van der Waals surface area contributed by atoms with Crippen LogP contribution in [0.4, 0.5) is 26.3 Å². The van der Waals surface area contributed by atoms with E-state index in [2.05, 4.69) is 4.74 Å². The Morgan fingerprint density at radius 3 is 2.09 bits per heavy atom. The minimum atomic E-state index is -6.50. The third-order valence-corrected chi connectivity index (χ3v) is 3.02. The first kappa shape index (κ1) is 18.2. The number of alkyl halides is 6. The summed E-state index contributed by atoms with van der Waals surface area (Å²) in [5.41, 5.74) is 0. The van der Waals surface area contributed by atoms with Crippen molar-refractivity contribution in [3.63, 3.8) is 0 Å². The summed E-state index contributed by atoms with van der Waals surface area (Å²) in [5.74, 6) is -25.7. The number of carboxylic acids is 1. The quantitative estimate of drug-likeness (QED) is 0.614. The average Bonchev–Trinajstić information content (AvgIpc) is 2.37. The summed E-state index contributed by atoms with van der Waals surface area (Å²) in [7, 11) is 0. The van der Waals surface area contributed by atoms with Gasteiger partial charge in [-0.2, -0.15) is 26.3 Å². The lowest BCUT2D eigenvalue weighted by Crippen LogP contribution is -2.61. The van der Waals surface area contributed by atoms with E-state index >= 15 is 0 Å². The smallest absolute Gasteiger partial charge is 0.411 e. The third kappa shape index (κ3) is 3.02. The van der Waals surface area contributed by atoms with Crippen LogP contribution in [0.25, 0.3) is 0 Å². The predicted octanol–water partition coefficient (Wildman–Crippen LogP) is 2.03. The number of ether oxygens (including phenoxy) is 1. The van der Waals surface area contributed by atoms with Gasteiger partial charge >= 0.3 is 29.7 Å². The molecule has 11 heteroatoms. The van der Waals surface area contributed by atoms with E-state index in [1.807, 2.05) is 0 Å². The molecule has 126 valence electrons. The molecule has 5 nitrogen and oxygen atoms in total. The summed E-state index contributed by atoms with van der Waals surface area (Å²) in [6, 6.07) is 0. The summed E-state index contributed by atoms with van der Waals surface area (Å²) in [4.78, 5) is 32.1. The highest BCUT2D eigenvalue weighted by atomic mass is 19.3. The summed E-state index contributed by atoms with van der Waals surface area (Å²) >= 11 is 0. The van der Waals surface area contributed by atoms with Crippen LogP contribution < -0.4 is 0 Å². The molecule has 1 atom stereocenters. The minimum Gasteiger partial charge on any atom is -0.477 e. The van der Waals surface area contributed by atoms with Crippen LogP contribution >= 0.6 is 0 Å². The van der Waals surface area contributed by atoms with Crippen LogP contribution in [-0.4, -0.2) is 46.7 Å². The molecule has 0 aromatic carbocycles. The number of carboxylic acid groups (broad SMARTS) is 1. The van der Waals surface area contributed by atoms with Crippen molar-refractivity contribution in [2.24, 2.45) is 0 Å². The van der Waals surface area contributed by atoms with E-state index in [-0.39, 0.29) is 19.3 Å². The number of halogens is 6. The van der Waals surface area contributed by atoms with Gasteiger partial charge in [-0.15, -0.1) is 0 Å². The molecule has 22 heavy (non-hydrogen) atoms. The Morgan fingerprint density at radius 1 is 1.09 bits per heavy atom. The fraction of sp³-hybridized carbons (Fsp3) is 0.727. The maximum atomic E-state index is 13.3. The van der Waals surface area contributed by atoms with E-state index in [9.17, 15) is 40.7 Å². The number of rotatable bonds is 5. The molecule has 1 unspecified atom stereocenters. The lowest BCUT2D eigenvalue weighted by Gasteiger charge is -2.30. The zero-order chi connectivity index (χ0) is 17.3. The first-order valence-corrected chi connectivity index (χ1v) is 5.93. The van der Waals surface area contributed by atoms with Crippen LogP contribution in [-0.2, 0) is 19.1 Å². The second-order valence-corrected chi connectivity index (χ2v) is 4.69. The number of ketones is 1. The first-order valence-electron chi connectivity index (χ1n) is 5.93. The molecule has 0 amide bonds. The van der Waals surface area contributed by atoms with E-state index in [0.29, 0.717) is 0 Å². The Hall–Kier alpha value is -1.81. The molecular weight excluding hydrogens is 326 g/mol. The Kier molecular flexibility index (Phi) is 4.78. The van der Waals surface area contributed by atoms with Crippen molar-refractivity contribution in [2.75, 3.05) is 0 Å². The Balaban J connectivity index is 2.94. The molecule has 1 N–H and O–H groups in total. The molecule has 0 heterocycles. The van der Waals surface area contributed by atoms with Crippen LogP contribution in [0.1, 0.15) is 25.7 Å². The number of hydrogen-bond donors (Lipinski definition) is 1. The number of Topliss-reactive ketones (excluding diaryl/α,β-unsaturated/α-hetero) is 1. The fourth-order valence-corrected chi connectivity index (χ4v) is 1.77. The molecule has 1 aliphatic rings. The highest BCUT2D eigenvalue weighted by Gasteiger charge is 2.79. The van der Waals surface area contributed by atoms with Gasteiger partial charge in [-0.3, -0.25) is 4.79 Å². The van der Waals surface area contributed by atoms with Crippen molar-refractivity contribution in [2.45, 2.75) is 49.6 Å². The summed E-state index contributed by atoms with van der Waals surface area (Å²) < 4.78 is 82.1. The second kappa shape index (κ2) is 5.76. The summed E-state index contributed by atoms with van der Waals surface area (Å²) in [6.07, 6.45) is -1.76. The van der Waals surface area contributed by atoms with Crippen LogP contribution in [0.3, 0.4) is 0 Å². The highest BCUT2D eigenvalue weighted by Crippen LogP contribution is 2.46. The van der Waals surface area contributed by atoms with Gasteiger partial charge in [-0.05, 0) is 12.8 Å². The molecule has 0 radical (unpaired) electrons. The largest absolute Gasteiger partial charge is 0.477 e. The molecule has 1 fully saturated rings. The number of carbonyl (C=O) groups is 3. The van der Waals surface area contributed by atoms with Crippen LogP contribution in [0.5, 0.6) is 0 Å². The number of hydrogen-bond acceptors (Lipinski definition) is 4. The number of aliphatic carboxylic acids is 1. The van der Waals surface area contributed by atoms with E-state index in [1.165, 1.54) is 0 Å². The predicted molar refractivity (Wildman–Crippen MR) is 55.8 cm³/mol. The van der Waals surface area contributed by atoms with Gasteiger partial charge in [0.05, 0.1) is 0 Å². The van der Waals surface area contributed by atoms with Gasteiger partial charge in [-0.1, -0.05) is 0 Å². The fourth-order valence-electron chi connectivity index (χ4n) is 1.77. The summed E-state index contributed by atoms with van der Waals surface area (Å²) in [5, 5.41) is 7.92.